The van der Waals surface area contributed by atoms with Crippen LogP contribution in [0.2, 0.25) is 0 Å². The molecule has 0 unspecified atom stereocenters. The summed E-state index contributed by atoms with van der Waals surface area (Å²) in [5.74, 6) is -1.22. The van der Waals surface area contributed by atoms with Crippen molar-refractivity contribution in [2.24, 2.45) is 10.8 Å². The molecule has 0 heterocycles. The molecular weight excluding hydrogens is 184 g/mol. The zero-order valence-corrected chi connectivity index (χ0v) is 8.79. The third kappa shape index (κ3) is 2.25. The summed E-state index contributed by atoms with van der Waals surface area (Å²) in [6, 6.07) is 0. The molecule has 1 aliphatic carbocycles. The van der Waals surface area contributed by atoms with Gasteiger partial charge in [-0.3, -0.25) is 9.59 Å². The molecule has 0 spiro atoms. The molecule has 0 aromatic heterocycles. The molecule has 0 saturated heterocycles. The van der Waals surface area contributed by atoms with Crippen LogP contribution in [0.15, 0.2) is 0 Å². The maximum atomic E-state index is 11.4. The first-order chi connectivity index (χ1) is 6.28. The minimum Gasteiger partial charge on any atom is -0.481 e. The Morgan fingerprint density at radius 3 is 2.29 bits per heavy atom. The molecule has 0 aliphatic heterocycles. The van der Waals surface area contributed by atoms with Gasteiger partial charge in [-0.1, -0.05) is 0 Å². The molecule has 1 rings (SSSR count). The summed E-state index contributed by atoms with van der Waals surface area (Å²) in [6.07, 6.45) is 1.69. The zero-order valence-electron chi connectivity index (χ0n) is 8.79. The average molecular weight is 200 g/mol. The second-order valence-electron chi connectivity index (χ2n) is 4.83. The number of carboxylic acids is 1. The van der Waals surface area contributed by atoms with Crippen molar-refractivity contribution in [2.45, 2.75) is 33.6 Å². The van der Waals surface area contributed by atoms with E-state index in [9.17, 15) is 9.59 Å². The first-order valence-corrected chi connectivity index (χ1v) is 4.69. The predicted molar refractivity (Wildman–Crippen MR) is 49.7 cm³/mol. The monoisotopic (exact) mass is 200 g/mol. The van der Waals surface area contributed by atoms with Gasteiger partial charge in [0.05, 0.1) is 10.8 Å². The van der Waals surface area contributed by atoms with Gasteiger partial charge in [0, 0.05) is 0 Å². The van der Waals surface area contributed by atoms with E-state index in [1.807, 2.05) is 6.92 Å². The largest absolute Gasteiger partial charge is 0.481 e. The Labute approximate surface area is 83.2 Å². The number of rotatable bonds is 4. The van der Waals surface area contributed by atoms with Crippen molar-refractivity contribution in [2.75, 3.05) is 6.61 Å². The Kier molecular flexibility index (Phi) is 2.56. The fourth-order valence-corrected chi connectivity index (χ4v) is 0.874. The van der Waals surface area contributed by atoms with Crippen LogP contribution in [0.1, 0.15) is 33.6 Å². The van der Waals surface area contributed by atoms with Gasteiger partial charge < -0.3 is 9.84 Å². The number of hydrogen-bond acceptors (Lipinski definition) is 3. The van der Waals surface area contributed by atoms with E-state index in [4.69, 9.17) is 9.84 Å². The lowest BCUT2D eigenvalue weighted by Gasteiger charge is -2.19. The first kappa shape index (κ1) is 11.0. The van der Waals surface area contributed by atoms with Crippen molar-refractivity contribution < 1.29 is 19.4 Å². The maximum absolute atomic E-state index is 11.4. The highest BCUT2D eigenvalue weighted by Gasteiger charge is 2.47. The Bertz CT molecular complexity index is 263. The van der Waals surface area contributed by atoms with Crippen molar-refractivity contribution >= 4 is 11.9 Å². The van der Waals surface area contributed by atoms with Gasteiger partial charge in [0.1, 0.15) is 6.61 Å². The highest BCUT2D eigenvalue weighted by atomic mass is 16.5. The van der Waals surface area contributed by atoms with E-state index < -0.39 is 11.4 Å². The van der Waals surface area contributed by atoms with E-state index in [1.165, 1.54) is 13.8 Å². The summed E-state index contributed by atoms with van der Waals surface area (Å²) < 4.78 is 4.98. The molecule has 1 fully saturated rings. The van der Waals surface area contributed by atoms with Gasteiger partial charge >= 0.3 is 11.9 Å². The lowest BCUT2D eigenvalue weighted by atomic mass is 9.95. The average Bonchev–Trinajstić information content (AvgIpc) is 2.80. The van der Waals surface area contributed by atoms with Crippen LogP contribution < -0.4 is 0 Å². The van der Waals surface area contributed by atoms with Gasteiger partial charge in [0.15, 0.2) is 0 Å². The molecule has 4 nitrogen and oxygen atoms in total. The number of hydrogen-bond donors (Lipinski definition) is 1. The van der Waals surface area contributed by atoms with Crippen molar-refractivity contribution in [3.05, 3.63) is 0 Å². The van der Waals surface area contributed by atoms with E-state index >= 15 is 0 Å². The number of aliphatic carboxylic acids is 1. The number of carbonyl (C=O) groups excluding carboxylic acids is 1. The summed E-state index contributed by atoms with van der Waals surface area (Å²) in [5.41, 5.74) is -1.34. The first-order valence-electron chi connectivity index (χ1n) is 4.69. The van der Waals surface area contributed by atoms with Crippen LogP contribution >= 0.6 is 0 Å². The number of carboxylic acid groups (broad SMARTS) is 1. The SMILES string of the molecule is CC(C)(COC(=O)C1(C)CC1)C(=O)O. The molecule has 4 heteroatoms. The van der Waals surface area contributed by atoms with Gasteiger partial charge in [-0.15, -0.1) is 0 Å². The minimum absolute atomic E-state index is 0.0588. The molecule has 1 N–H and O–H groups in total. The Balaban J connectivity index is 2.40. The molecule has 80 valence electrons. The van der Waals surface area contributed by atoms with E-state index in [-0.39, 0.29) is 18.0 Å². The second-order valence-corrected chi connectivity index (χ2v) is 4.83. The Hall–Kier alpha value is -1.06. The zero-order chi connectivity index (χ0) is 11.0. The number of ether oxygens (including phenoxy) is 1. The van der Waals surface area contributed by atoms with E-state index in [0.29, 0.717) is 0 Å². The molecule has 0 amide bonds. The standard InChI is InChI=1S/C10H16O4/c1-9(2,7(11)12)6-14-8(13)10(3)4-5-10/h4-6H2,1-3H3,(H,11,12). The van der Waals surface area contributed by atoms with E-state index in [1.54, 1.807) is 0 Å². The third-order valence-corrected chi connectivity index (χ3v) is 2.64. The maximum Gasteiger partial charge on any atom is 0.312 e. The van der Waals surface area contributed by atoms with Gasteiger partial charge in [-0.05, 0) is 33.6 Å². The van der Waals surface area contributed by atoms with Gasteiger partial charge in [-0.25, -0.2) is 0 Å². The van der Waals surface area contributed by atoms with Crippen molar-refractivity contribution in [1.29, 1.82) is 0 Å². The van der Waals surface area contributed by atoms with Crippen molar-refractivity contribution in [3.63, 3.8) is 0 Å². The third-order valence-electron chi connectivity index (χ3n) is 2.64. The van der Waals surface area contributed by atoms with Crippen molar-refractivity contribution in [1.82, 2.24) is 0 Å². The summed E-state index contributed by atoms with van der Waals surface area (Å²) in [7, 11) is 0. The highest BCUT2D eigenvalue weighted by Crippen LogP contribution is 2.46. The fourth-order valence-electron chi connectivity index (χ4n) is 0.874. The second kappa shape index (κ2) is 3.26. The summed E-state index contributed by atoms with van der Waals surface area (Å²) in [5, 5.41) is 8.78. The Morgan fingerprint density at radius 2 is 1.93 bits per heavy atom. The Morgan fingerprint density at radius 1 is 1.43 bits per heavy atom. The number of carbonyl (C=O) groups is 2. The fraction of sp³-hybridized carbons (Fsp3) is 0.800. The normalized spacial score (nSPS) is 18.8. The van der Waals surface area contributed by atoms with Crippen LogP contribution in [0.5, 0.6) is 0 Å². The molecule has 0 aromatic rings. The van der Waals surface area contributed by atoms with E-state index in [2.05, 4.69) is 0 Å². The van der Waals surface area contributed by atoms with Gasteiger partial charge in [-0.2, -0.15) is 0 Å². The summed E-state index contributed by atoms with van der Waals surface area (Å²) in [6.45, 7) is 4.86. The van der Waals surface area contributed by atoms with Crippen LogP contribution in [0.3, 0.4) is 0 Å². The summed E-state index contributed by atoms with van der Waals surface area (Å²) >= 11 is 0. The molecule has 14 heavy (non-hydrogen) atoms. The van der Waals surface area contributed by atoms with Gasteiger partial charge in [0.2, 0.25) is 0 Å². The molecule has 0 radical (unpaired) electrons. The van der Waals surface area contributed by atoms with Crippen LogP contribution in [0, 0.1) is 10.8 Å². The molecule has 0 atom stereocenters. The van der Waals surface area contributed by atoms with Gasteiger partial charge in [0.25, 0.3) is 0 Å². The van der Waals surface area contributed by atoms with Crippen molar-refractivity contribution in [3.8, 4) is 0 Å². The number of esters is 1. The lowest BCUT2D eigenvalue weighted by Crippen LogP contribution is -2.32. The predicted octanol–water partition coefficient (Wildman–Crippen LogP) is 1.44. The van der Waals surface area contributed by atoms with Crippen LogP contribution in [-0.4, -0.2) is 23.7 Å². The molecule has 0 aromatic carbocycles. The molecule has 1 saturated carbocycles. The molecular formula is C10H16O4. The quantitative estimate of drug-likeness (QED) is 0.697. The topological polar surface area (TPSA) is 63.6 Å². The minimum atomic E-state index is -0.999. The van der Waals surface area contributed by atoms with Crippen LogP contribution in [0.25, 0.3) is 0 Å². The van der Waals surface area contributed by atoms with Crippen LogP contribution in [0.4, 0.5) is 0 Å². The highest BCUT2D eigenvalue weighted by molar-refractivity contribution is 5.80. The van der Waals surface area contributed by atoms with E-state index in [0.717, 1.165) is 12.8 Å². The molecule has 0 bridgehead atoms. The molecule has 1 aliphatic rings. The lowest BCUT2D eigenvalue weighted by molar-refractivity contribution is -0.159. The summed E-state index contributed by atoms with van der Waals surface area (Å²) in [4.78, 5) is 22.1. The van der Waals surface area contributed by atoms with Crippen LogP contribution in [-0.2, 0) is 14.3 Å². The smallest absolute Gasteiger partial charge is 0.312 e.